The minimum absolute atomic E-state index is 0.0216. The van der Waals surface area contributed by atoms with Crippen LogP contribution in [0.3, 0.4) is 0 Å². The van der Waals surface area contributed by atoms with E-state index in [1.807, 2.05) is 0 Å². The first-order valence-corrected chi connectivity index (χ1v) is 9.37. The largest absolute Gasteiger partial charge is 0.477 e. The Labute approximate surface area is 143 Å². The van der Waals surface area contributed by atoms with Crippen molar-refractivity contribution >= 4 is 15.7 Å². The summed E-state index contributed by atoms with van der Waals surface area (Å²) in [6.45, 7) is 0.895. The number of sulfonamides is 1. The molecule has 0 spiro atoms. The van der Waals surface area contributed by atoms with Gasteiger partial charge in [0, 0.05) is 20.0 Å². The molecule has 0 N–H and O–H groups in total. The standard InChI is InChI=1S/C14H17F2N5O3S/c1-19-9-3-4-10(13(15)16)21(11(9)7-17-19)25(22,23)12-8-18-20-5-2-6-24-14(12)20/h7-8,10,13H,2-6H2,1H3. The lowest BCUT2D eigenvalue weighted by molar-refractivity contribution is 0.112. The van der Waals surface area contributed by atoms with Gasteiger partial charge in [-0.05, 0) is 12.8 Å². The van der Waals surface area contributed by atoms with Gasteiger partial charge in [0.1, 0.15) is 6.04 Å². The van der Waals surface area contributed by atoms with Crippen LogP contribution >= 0.6 is 0 Å². The van der Waals surface area contributed by atoms with Gasteiger partial charge in [-0.15, -0.1) is 0 Å². The van der Waals surface area contributed by atoms with Crippen LogP contribution in [0, 0.1) is 0 Å². The molecule has 1 atom stereocenters. The first-order chi connectivity index (χ1) is 11.9. The van der Waals surface area contributed by atoms with Crippen LogP contribution in [0.4, 0.5) is 14.5 Å². The van der Waals surface area contributed by atoms with Gasteiger partial charge in [-0.1, -0.05) is 0 Å². The van der Waals surface area contributed by atoms with Gasteiger partial charge in [0.05, 0.1) is 30.4 Å². The lowest BCUT2D eigenvalue weighted by Gasteiger charge is -2.35. The molecule has 25 heavy (non-hydrogen) atoms. The van der Waals surface area contributed by atoms with E-state index in [-0.39, 0.29) is 22.9 Å². The topological polar surface area (TPSA) is 82.3 Å². The van der Waals surface area contributed by atoms with Crippen LogP contribution in [0.15, 0.2) is 17.3 Å². The number of aromatic nitrogens is 4. The molecule has 0 radical (unpaired) electrons. The third kappa shape index (κ3) is 2.40. The molecule has 0 saturated carbocycles. The maximum absolute atomic E-state index is 13.6. The average molecular weight is 373 g/mol. The first-order valence-electron chi connectivity index (χ1n) is 7.93. The van der Waals surface area contributed by atoms with Gasteiger partial charge in [0.2, 0.25) is 5.88 Å². The molecule has 4 heterocycles. The van der Waals surface area contributed by atoms with E-state index < -0.39 is 22.5 Å². The zero-order valence-corrected chi connectivity index (χ0v) is 14.3. The number of rotatable bonds is 3. The molecule has 2 aromatic rings. The van der Waals surface area contributed by atoms with Crippen molar-refractivity contribution in [2.75, 3.05) is 10.9 Å². The van der Waals surface area contributed by atoms with Gasteiger partial charge < -0.3 is 4.74 Å². The summed E-state index contributed by atoms with van der Waals surface area (Å²) in [5.41, 5.74) is 0.803. The van der Waals surface area contributed by atoms with Crippen molar-refractivity contribution in [1.82, 2.24) is 19.6 Å². The highest BCUT2D eigenvalue weighted by atomic mass is 32.2. The van der Waals surface area contributed by atoms with E-state index in [0.29, 0.717) is 31.7 Å². The Morgan fingerprint density at radius 2 is 2.12 bits per heavy atom. The van der Waals surface area contributed by atoms with Crippen molar-refractivity contribution < 1.29 is 21.9 Å². The van der Waals surface area contributed by atoms with Crippen LogP contribution in [0.25, 0.3) is 0 Å². The van der Waals surface area contributed by atoms with E-state index in [1.54, 1.807) is 7.05 Å². The molecule has 0 amide bonds. The minimum atomic E-state index is -4.26. The second-order valence-electron chi connectivity index (χ2n) is 6.08. The maximum atomic E-state index is 13.6. The molecule has 2 aliphatic heterocycles. The Balaban J connectivity index is 1.86. The Morgan fingerprint density at radius 1 is 1.32 bits per heavy atom. The van der Waals surface area contributed by atoms with Crippen LogP contribution in [0.1, 0.15) is 18.5 Å². The second-order valence-corrected chi connectivity index (χ2v) is 7.86. The van der Waals surface area contributed by atoms with Gasteiger partial charge in [-0.3, -0.25) is 8.99 Å². The molecule has 1 unspecified atom stereocenters. The Morgan fingerprint density at radius 3 is 2.88 bits per heavy atom. The Hall–Kier alpha value is -2.17. The van der Waals surface area contributed by atoms with Gasteiger partial charge in [-0.25, -0.2) is 21.9 Å². The monoisotopic (exact) mass is 373 g/mol. The third-order valence-corrected chi connectivity index (χ3v) is 6.42. The molecule has 0 bridgehead atoms. The van der Waals surface area contributed by atoms with Crippen molar-refractivity contribution in [3.05, 3.63) is 18.1 Å². The lowest BCUT2D eigenvalue weighted by Crippen LogP contribution is -2.47. The number of ether oxygens (including phenoxy) is 1. The van der Waals surface area contributed by atoms with Crippen molar-refractivity contribution in [1.29, 1.82) is 0 Å². The number of alkyl halides is 2. The van der Waals surface area contributed by atoms with E-state index >= 15 is 0 Å². The summed E-state index contributed by atoms with van der Waals surface area (Å²) >= 11 is 0. The minimum Gasteiger partial charge on any atom is -0.477 e. The Kier molecular flexibility index (Phi) is 3.71. The van der Waals surface area contributed by atoms with E-state index in [0.717, 1.165) is 4.31 Å². The van der Waals surface area contributed by atoms with E-state index in [4.69, 9.17) is 4.74 Å². The van der Waals surface area contributed by atoms with E-state index in [9.17, 15) is 17.2 Å². The summed E-state index contributed by atoms with van der Waals surface area (Å²) in [7, 11) is -2.60. The summed E-state index contributed by atoms with van der Waals surface area (Å²) in [4.78, 5) is -0.186. The molecule has 2 aromatic heterocycles. The van der Waals surface area contributed by atoms with Crippen LogP contribution in [-0.4, -0.2) is 47.1 Å². The normalized spacial score (nSPS) is 20.3. The number of fused-ring (bicyclic) bond motifs is 2. The van der Waals surface area contributed by atoms with Gasteiger partial charge in [0.25, 0.3) is 16.4 Å². The first kappa shape index (κ1) is 16.3. The summed E-state index contributed by atoms with van der Waals surface area (Å²) in [6, 6.07) is -1.44. The molecule has 2 aliphatic rings. The van der Waals surface area contributed by atoms with Crippen LogP contribution < -0.4 is 9.04 Å². The van der Waals surface area contributed by atoms with Crippen LogP contribution in [0.2, 0.25) is 0 Å². The molecule has 11 heteroatoms. The summed E-state index contributed by atoms with van der Waals surface area (Å²) in [5.74, 6) is 0.107. The SMILES string of the molecule is Cn1ncc2c1CCC(C(F)F)N2S(=O)(=O)c1cnn2c1OCCC2. The number of hydrogen-bond donors (Lipinski definition) is 0. The molecular weight excluding hydrogens is 356 g/mol. The fourth-order valence-corrected chi connectivity index (χ4v) is 5.11. The summed E-state index contributed by atoms with van der Waals surface area (Å²) < 4.78 is 62.9. The molecule has 0 aliphatic carbocycles. The fraction of sp³-hybridized carbons (Fsp3) is 0.571. The van der Waals surface area contributed by atoms with Crippen LogP contribution in [-0.2, 0) is 30.0 Å². The molecule has 0 saturated heterocycles. The maximum Gasteiger partial charge on any atom is 0.271 e. The highest BCUT2D eigenvalue weighted by molar-refractivity contribution is 7.93. The predicted octanol–water partition coefficient (Wildman–Crippen LogP) is 1.17. The quantitative estimate of drug-likeness (QED) is 0.807. The predicted molar refractivity (Wildman–Crippen MR) is 83.3 cm³/mol. The second kappa shape index (κ2) is 5.68. The van der Waals surface area contributed by atoms with Gasteiger partial charge >= 0.3 is 0 Å². The Bertz CT molecular complexity index is 908. The number of halogens is 2. The van der Waals surface area contributed by atoms with Crippen molar-refractivity contribution in [2.24, 2.45) is 7.05 Å². The molecular formula is C14H17F2N5O3S. The summed E-state index contributed by atoms with van der Waals surface area (Å²) in [5, 5.41) is 8.06. The van der Waals surface area contributed by atoms with E-state index in [1.165, 1.54) is 21.8 Å². The highest BCUT2D eigenvalue weighted by Crippen LogP contribution is 2.39. The number of hydrogen-bond acceptors (Lipinski definition) is 5. The molecule has 0 fully saturated rings. The van der Waals surface area contributed by atoms with Crippen molar-refractivity contribution in [2.45, 2.75) is 43.2 Å². The average Bonchev–Trinajstić information content (AvgIpc) is 3.18. The van der Waals surface area contributed by atoms with Crippen molar-refractivity contribution in [3.63, 3.8) is 0 Å². The summed E-state index contributed by atoms with van der Waals surface area (Å²) in [6.07, 6.45) is 0.755. The third-order valence-electron chi connectivity index (χ3n) is 4.60. The number of anilines is 1. The number of nitrogens with zero attached hydrogens (tertiary/aromatic N) is 5. The van der Waals surface area contributed by atoms with Crippen LogP contribution in [0.5, 0.6) is 5.88 Å². The smallest absolute Gasteiger partial charge is 0.271 e. The molecule has 8 nitrogen and oxygen atoms in total. The zero-order chi connectivity index (χ0) is 17.8. The molecule has 136 valence electrons. The number of aryl methyl sites for hydroxylation is 2. The zero-order valence-electron chi connectivity index (χ0n) is 13.5. The highest BCUT2D eigenvalue weighted by Gasteiger charge is 2.44. The van der Waals surface area contributed by atoms with Gasteiger partial charge in [0.15, 0.2) is 4.90 Å². The molecule has 4 rings (SSSR count). The fourth-order valence-electron chi connectivity index (χ4n) is 3.37. The molecule has 0 aromatic carbocycles. The van der Waals surface area contributed by atoms with E-state index in [2.05, 4.69) is 10.2 Å². The van der Waals surface area contributed by atoms with Crippen molar-refractivity contribution in [3.8, 4) is 5.88 Å². The van der Waals surface area contributed by atoms with Gasteiger partial charge in [-0.2, -0.15) is 10.2 Å². The lowest BCUT2D eigenvalue weighted by atomic mass is 10.0.